The van der Waals surface area contributed by atoms with Gasteiger partial charge < -0.3 is 0 Å². The zero-order valence-corrected chi connectivity index (χ0v) is 12.0. The van der Waals surface area contributed by atoms with E-state index in [-0.39, 0.29) is 0 Å². The lowest BCUT2D eigenvalue weighted by molar-refractivity contribution is 0.636. The first-order chi connectivity index (χ1) is 8.75. The molecule has 1 heterocycles. The molecule has 18 heavy (non-hydrogen) atoms. The van der Waals surface area contributed by atoms with E-state index < -0.39 is 0 Å². The molecular weight excluding hydrogens is 316 g/mol. The van der Waals surface area contributed by atoms with Crippen LogP contribution in [0.1, 0.15) is 37.4 Å². The van der Waals surface area contributed by atoms with E-state index >= 15 is 0 Å². The van der Waals surface area contributed by atoms with Crippen molar-refractivity contribution in [2.45, 2.75) is 31.6 Å². The molecule has 4 nitrogen and oxygen atoms in total. The number of benzene rings is 1. The average Bonchev–Trinajstić information content (AvgIpc) is 3.00. The van der Waals surface area contributed by atoms with Crippen LogP contribution in [0.2, 0.25) is 5.02 Å². The molecule has 1 aliphatic rings. The van der Waals surface area contributed by atoms with Gasteiger partial charge in [-0.2, -0.15) is 4.68 Å². The van der Waals surface area contributed by atoms with Crippen LogP contribution in [0.3, 0.4) is 0 Å². The molecule has 1 aromatic carbocycles. The maximum atomic E-state index is 6.11. The van der Waals surface area contributed by atoms with Crippen LogP contribution in [0, 0.1) is 0 Å². The summed E-state index contributed by atoms with van der Waals surface area (Å²) in [5.41, 5.74) is 0.912. The average molecular weight is 328 g/mol. The van der Waals surface area contributed by atoms with Crippen LogP contribution in [-0.2, 0) is 0 Å². The Morgan fingerprint density at radius 1 is 1.28 bits per heavy atom. The van der Waals surface area contributed by atoms with E-state index in [0.29, 0.717) is 10.9 Å². The molecular formula is C12H12BrClN4. The highest BCUT2D eigenvalue weighted by molar-refractivity contribution is 9.10. The van der Waals surface area contributed by atoms with Crippen LogP contribution in [0.4, 0.5) is 0 Å². The fourth-order valence-corrected chi connectivity index (χ4v) is 2.85. The lowest BCUT2D eigenvalue weighted by Gasteiger charge is -2.10. The highest BCUT2D eigenvalue weighted by Crippen LogP contribution is 2.34. The Morgan fingerprint density at radius 3 is 2.78 bits per heavy atom. The third-order valence-corrected chi connectivity index (χ3v) is 4.59. The van der Waals surface area contributed by atoms with E-state index in [1.165, 1.54) is 25.7 Å². The van der Waals surface area contributed by atoms with Gasteiger partial charge in [0, 0.05) is 10.4 Å². The van der Waals surface area contributed by atoms with Gasteiger partial charge in [-0.15, -0.1) is 5.10 Å². The van der Waals surface area contributed by atoms with Gasteiger partial charge in [-0.1, -0.05) is 24.4 Å². The highest BCUT2D eigenvalue weighted by atomic mass is 79.9. The van der Waals surface area contributed by atoms with Gasteiger partial charge in [-0.3, -0.25) is 0 Å². The van der Waals surface area contributed by atoms with Crippen molar-refractivity contribution in [1.82, 2.24) is 20.2 Å². The van der Waals surface area contributed by atoms with E-state index in [9.17, 15) is 0 Å². The third-order valence-electron chi connectivity index (χ3n) is 3.36. The number of hydrogen-bond donors (Lipinski definition) is 0. The lowest BCUT2D eigenvalue weighted by atomic mass is 10.1. The molecule has 0 unspecified atom stereocenters. The van der Waals surface area contributed by atoms with E-state index in [1.54, 1.807) is 4.68 Å². The van der Waals surface area contributed by atoms with Gasteiger partial charge in [-0.25, -0.2) is 0 Å². The lowest BCUT2D eigenvalue weighted by Crippen LogP contribution is -2.06. The molecule has 0 N–H and O–H groups in total. The zero-order chi connectivity index (χ0) is 12.5. The summed E-state index contributed by atoms with van der Waals surface area (Å²) in [5.74, 6) is 1.42. The fraction of sp³-hybridized carbons (Fsp3) is 0.417. The van der Waals surface area contributed by atoms with Gasteiger partial charge in [0.1, 0.15) is 0 Å². The standard InChI is InChI=1S/C12H12BrClN4/c13-10-6-5-9(7-11(10)14)18-12(15-16-17-18)8-3-1-2-4-8/h5-8H,1-4H2. The second-order valence-corrected chi connectivity index (χ2v) is 5.79. The molecule has 1 aromatic heterocycles. The monoisotopic (exact) mass is 326 g/mol. The molecule has 1 fully saturated rings. The first-order valence-electron chi connectivity index (χ1n) is 5.99. The van der Waals surface area contributed by atoms with Crippen molar-refractivity contribution in [2.24, 2.45) is 0 Å². The fourth-order valence-electron chi connectivity index (χ4n) is 2.43. The Hall–Kier alpha value is -0.940. The molecule has 1 aliphatic carbocycles. The summed E-state index contributed by atoms with van der Waals surface area (Å²) in [4.78, 5) is 0. The minimum Gasteiger partial charge on any atom is -0.197 e. The van der Waals surface area contributed by atoms with Gasteiger partial charge in [0.05, 0.1) is 10.7 Å². The highest BCUT2D eigenvalue weighted by Gasteiger charge is 2.23. The third kappa shape index (κ3) is 2.17. The number of tetrazole rings is 1. The number of halogens is 2. The first kappa shape index (κ1) is 12.1. The molecule has 0 bridgehead atoms. The molecule has 0 saturated heterocycles. The number of hydrogen-bond acceptors (Lipinski definition) is 3. The van der Waals surface area contributed by atoms with E-state index in [1.807, 2.05) is 18.2 Å². The maximum absolute atomic E-state index is 6.11. The molecule has 0 aliphatic heterocycles. The molecule has 0 spiro atoms. The zero-order valence-electron chi connectivity index (χ0n) is 9.68. The second kappa shape index (κ2) is 4.97. The SMILES string of the molecule is Clc1cc(-n2nnnc2C2CCCC2)ccc1Br. The van der Waals surface area contributed by atoms with Crippen LogP contribution in [0.5, 0.6) is 0 Å². The molecule has 0 atom stereocenters. The smallest absolute Gasteiger partial charge is 0.159 e. The molecule has 0 amide bonds. The Bertz CT molecular complexity index is 563. The maximum Gasteiger partial charge on any atom is 0.159 e. The molecule has 0 radical (unpaired) electrons. The Morgan fingerprint density at radius 2 is 2.06 bits per heavy atom. The minimum atomic E-state index is 0.474. The van der Waals surface area contributed by atoms with Gasteiger partial charge in [0.2, 0.25) is 0 Å². The minimum absolute atomic E-state index is 0.474. The summed E-state index contributed by atoms with van der Waals surface area (Å²) in [6.07, 6.45) is 4.87. The van der Waals surface area contributed by atoms with Crippen molar-refractivity contribution in [3.05, 3.63) is 33.5 Å². The molecule has 94 valence electrons. The van der Waals surface area contributed by atoms with E-state index in [2.05, 4.69) is 31.5 Å². The van der Waals surface area contributed by atoms with Crippen LogP contribution < -0.4 is 0 Å². The quantitative estimate of drug-likeness (QED) is 0.844. The summed E-state index contributed by atoms with van der Waals surface area (Å²) >= 11 is 9.50. The summed E-state index contributed by atoms with van der Waals surface area (Å²) in [6, 6.07) is 5.75. The predicted octanol–water partition coefficient (Wildman–Crippen LogP) is 3.74. The largest absolute Gasteiger partial charge is 0.197 e. The molecule has 2 aromatic rings. The Kier molecular flexibility index (Phi) is 3.35. The normalized spacial score (nSPS) is 16.3. The van der Waals surface area contributed by atoms with Gasteiger partial charge >= 0.3 is 0 Å². The van der Waals surface area contributed by atoms with Crippen molar-refractivity contribution < 1.29 is 0 Å². The van der Waals surface area contributed by atoms with Gasteiger partial charge in [-0.05, 0) is 57.4 Å². The van der Waals surface area contributed by atoms with Crippen molar-refractivity contribution in [3.8, 4) is 5.69 Å². The Balaban J connectivity index is 2.00. The predicted molar refractivity (Wildman–Crippen MR) is 73.1 cm³/mol. The van der Waals surface area contributed by atoms with E-state index in [0.717, 1.165) is 16.0 Å². The number of nitrogens with zero attached hydrogens (tertiary/aromatic N) is 4. The van der Waals surface area contributed by atoms with Crippen LogP contribution in [0.25, 0.3) is 5.69 Å². The van der Waals surface area contributed by atoms with Crippen molar-refractivity contribution in [1.29, 1.82) is 0 Å². The number of aromatic nitrogens is 4. The summed E-state index contributed by atoms with van der Waals surface area (Å²) in [7, 11) is 0. The van der Waals surface area contributed by atoms with Crippen molar-refractivity contribution in [2.75, 3.05) is 0 Å². The van der Waals surface area contributed by atoms with E-state index in [4.69, 9.17) is 11.6 Å². The molecule has 3 rings (SSSR count). The topological polar surface area (TPSA) is 43.6 Å². The summed E-state index contributed by atoms with van der Waals surface area (Å²) in [5, 5.41) is 12.7. The summed E-state index contributed by atoms with van der Waals surface area (Å²) in [6.45, 7) is 0. The van der Waals surface area contributed by atoms with Crippen LogP contribution in [0.15, 0.2) is 22.7 Å². The number of rotatable bonds is 2. The Labute approximate surface area is 118 Å². The second-order valence-electron chi connectivity index (χ2n) is 4.53. The van der Waals surface area contributed by atoms with Gasteiger partial charge in [0.15, 0.2) is 5.82 Å². The first-order valence-corrected chi connectivity index (χ1v) is 7.16. The molecule has 6 heteroatoms. The van der Waals surface area contributed by atoms with Crippen molar-refractivity contribution >= 4 is 27.5 Å². The van der Waals surface area contributed by atoms with Crippen molar-refractivity contribution in [3.63, 3.8) is 0 Å². The molecule has 1 saturated carbocycles. The van der Waals surface area contributed by atoms with Crippen LogP contribution >= 0.6 is 27.5 Å². The summed E-state index contributed by atoms with van der Waals surface area (Å²) < 4.78 is 2.68. The van der Waals surface area contributed by atoms with Gasteiger partial charge in [0.25, 0.3) is 0 Å². The van der Waals surface area contributed by atoms with Crippen LogP contribution in [-0.4, -0.2) is 20.2 Å².